The third-order valence-electron chi connectivity index (χ3n) is 5.11. The lowest BCUT2D eigenvalue weighted by molar-refractivity contribution is -0.128. The summed E-state index contributed by atoms with van der Waals surface area (Å²) in [4.78, 5) is 30.9. The van der Waals surface area contributed by atoms with Gasteiger partial charge in [-0.2, -0.15) is 0 Å². The molecular formula is C18H28N4O2. The number of likely N-dealkylation sites (tertiary alicyclic amines) is 1. The molecular weight excluding hydrogens is 304 g/mol. The first-order chi connectivity index (χ1) is 11.4. The van der Waals surface area contributed by atoms with E-state index in [2.05, 4.69) is 10.3 Å². The van der Waals surface area contributed by atoms with Crippen LogP contribution in [0.5, 0.6) is 0 Å². The van der Waals surface area contributed by atoms with Gasteiger partial charge in [0.15, 0.2) is 0 Å². The summed E-state index contributed by atoms with van der Waals surface area (Å²) in [5.74, 6) is 0.00276. The Morgan fingerprint density at radius 3 is 2.67 bits per heavy atom. The molecule has 2 unspecified atom stereocenters. The van der Waals surface area contributed by atoms with Crippen LogP contribution in [-0.4, -0.2) is 46.9 Å². The van der Waals surface area contributed by atoms with E-state index in [0.29, 0.717) is 25.2 Å². The molecule has 0 aliphatic carbocycles. The molecule has 6 heteroatoms. The van der Waals surface area contributed by atoms with Crippen LogP contribution in [0.1, 0.15) is 44.0 Å². The van der Waals surface area contributed by atoms with E-state index >= 15 is 0 Å². The highest BCUT2D eigenvalue weighted by Crippen LogP contribution is 2.21. The molecule has 2 rings (SSSR count). The second-order valence-electron chi connectivity index (χ2n) is 7.09. The van der Waals surface area contributed by atoms with Crippen LogP contribution in [0, 0.1) is 11.8 Å². The SMILES string of the molecule is CC(C)C(C)(CN)NC(=O)C1CCCN(C(=O)c2ccncc2)C1. The topological polar surface area (TPSA) is 88.3 Å². The fourth-order valence-corrected chi connectivity index (χ4v) is 2.87. The van der Waals surface area contributed by atoms with Crippen LogP contribution >= 0.6 is 0 Å². The van der Waals surface area contributed by atoms with Gasteiger partial charge in [0.1, 0.15) is 0 Å². The van der Waals surface area contributed by atoms with Gasteiger partial charge in [0, 0.05) is 37.6 Å². The van der Waals surface area contributed by atoms with Crippen molar-refractivity contribution in [1.82, 2.24) is 15.2 Å². The molecule has 0 spiro atoms. The van der Waals surface area contributed by atoms with Crippen LogP contribution in [0.4, 0.5) is 0 Å². The average molecular weight is 332 g/mol. The molecule has 1 fully saturated rings. The van der Waals surface area contributed by atoms with Crippen molar-refractivity contribution in [2.24, 2.45) is 17.6 Å². The predicted octanol–water partition coefficient (Wildman–Crippen LogP) is 1.42. The summed E-state index contributed by atoms with van der Waals surface area (Å²) in [5.41, 5.74) is 6.04. The van der Waals surface area contributed by atoms with Gasteiger partial charge in [-0.3, -0.25) is 14.6 Å². The van der Waals surface area contributed by atoms with Crippen molar-refractivity contribution in [3.8, 4) is 0 Å². The molecule has 0 radical (unpaired) electrons. The van der Waals surface area contributed by atoms with Crippen LogP contribution in [0.3, 0.4) is 0 Å². The largest absolute Gasteiger partial charge is 0.349 e. The van der Waals surface area contributed by atoms with Crippen molar-refractivity contribution in [2.45, 2.75) is 39.2 Å². The molecule has 3 N–H and O–H groups in total. The minimum absolute atomic E-state index is 0.0103. The molecule has 6 nitrogen and oxygen atoms in total. The summed E-state index contributed by atoms with van der Waals surface area (Å²) in [5, 5.41) is 3.10. The van der Waals surface area contributed by atoms with E-state index in [1.54, 1.807) is 29.4 Å². The number of piperidine rings is 1. The maximum absolute atomic E-state index is 12.7. The minimum atomic E-state index is -0.422. The van der Waals surface area contributed by atoms with E-state index in [0.717, 1.165) is 12.8 Å². The molecule has 132 valence electrons. The Hall–Kier alpha value is -1.95. The Morgan fingerprint density at radius 2 is 2.08 bits per heavy atom. The van der Waals surface area contributed by atoms with Gasteiger partial charge in [0.2, 0.25) is 5.91 Å². The molecule has 1 aliphatic heterocycles. The second kappa shape index (κ2) is 7.75. The lowest BCUT2D eigenvalue weighted by Gasteiger charge is -2.37. The van der Waals surface area contributed by atoms with Crippen molar-refractivity contribution < 1.29 is 9.59 Å². The number of rotatable bonds is 5. The Balaban J connectivity index is 2.02. The lowest BCUT2D eigenvalue weighted by atomic mass is 9.87. The van der Waals surface area contributed by atoms with Gasteiger partial charge in [-0.25, -0.2) is 0 Å². The molecule has 0 bridgehead atoms. The average Bonchev–Trinajstić information content (AvgIpc) is 2.61. The van der Waals surface area contributed by atoms with Gasteiger partial charge in [-0.05, 0) is 37.8 Å². The van der Waals surface area contributed by atoms with Crippen molar-refractivity contribution in [2.75, 3.05) is 19.6 Å². The van der Waals surface area contributed by atoms with Crippen LogP contribution in [0.15, 0.2) is 24.5 Å². The number of nitrogens with zero attached hydrogens (tertiary/aromatic N) is 2. The van der Waals surface area contributed by atoms with Crippen LogP contribution < -0.4 is 11.1 Å². The molecule has 0 saturated carbocycles. The molecule has 1 aromatic heterocycles. The van der Waals surface area contributed by atoms with E-state index in [1.165, 1.54) is 0 Å². The van der Waals surface area contributed by atoms with E-state index in [-0.39, 0.29) is 23.7 Å². The number of nitrogens with two attached hydrogens (primary N) is 1. The van der Waals surface area contributed by atoms with Crippen molar-refractivity contribution >= 4 is 11.8 Å². The van der Waals surface area contributed by atoms with Gasteiger partial charge < -0.3 is 16.0 Å². The molecule has 24 heavy (non-hydrogen) atoms. The quantitative estimate of drug-likeness (QED) is 0.853. The van der Waals surface area contributed by atoms with E-state index < -0.39 is 5.54 Å². The zero-order chi connectivity index (χ0) is 17.7. The third-order valence-corrected chi connectivity index (χ3v) is 5.11. The van der Waals surface area contributed by atoms with Crippen LogP contribution in [0.25, 0.3) is 0 Å². The van der Waals surface area contributed by atoms with E-state index in [9.17, 15) is 9.59 Å². The number of pyridine rings is 1. The van der Waals surface area contributed by atoms with E-state index in [4.69, 9.17) is 5.73 Å². The molecule has 1 aromatic rings. The molecule has 2 amide bonds. The highest BCUT2D eigenvalue weighted by Gasteiger charge is 2.34. The number of hydrogen-bond acceptors (Lipinski definition) is 4. The normalized spacial score (nSPS) is 20.5. The molecule has 1 aliphatic rings. The maximum Gasteiger partial charge on any atom is 0.253 e. The van der Waals surface area contributed by atoms with Crippen LogP contribution in [0.2, 0.25) is 0 Å². The Kier molecular flexibility index (Phi) is 5.94. The van der Waals surface area contributed by atoms with E-state index in [1.807, 2.05) is 20.8 Å². The van der Waals surface area contributed by atoms with Gasteiger partial charge >= 0.3 is 0 Å². The van der Waals surface area contributed by atoms with Crippen LogP contribution in [-0.2, 0) is 4.79 Å². The standard InChI is InChI=1S/C18H28N4O2/c1-13(2)18(3,12-19)21-16(23)15-5-4-10-22(11-15)17(24)14-6-8-20-9-7-14/h6-9,13,15H,4-5,10-12,19H2,1-3H3,(H,21,23). The number of carbonyl (C=O) groups excluding carboxylic acids is 2. The second-order valence-corrected chi connectivity index (χ2v) is 7.09. The van der Waals surface area contributed by atoms with Crippen molar-refractivity contribution in [3.05, 3.63) is 30.1 Å². The van der Waals surface area contributed by atoms with Crippen molar-refractivity contribution in [3.63, 3.8) is 0 Å². The Morgan fingerprint density at radius 1 is 1.42 bits per heavy atom. The van der Waals surface area contributed by atoms with Gasteiger partial charge in [-0.1, -0.05) is 13.8 Å². The monoisotopic (exact) mass is 332 g/mol. The molecule has 2 heterocycles. The molecule has 1 saturated heterocycles. The zero-order valence-corrected chi connectivity index (χ0v) is 14.8. The summed E-state index contributed by atoms with van der Waals surface area (Å²) in [6.07, 6.45) is 4.84. The van der Waals surface area contributed by atoms with Gasteiger partial charge in [0.05, 0.1) is 11.5 Å². The predicted molar refractivity (Wildman–Crippen MR) is 93.3 cm³/mol. The number of aromatic nitrogens is 1. The first-order valence-electron chi connectivity index (χ1n) is 8.59. The number of carbonyl (C=O) groups is 2. The minimum Gasteiger partial charge on any atom is -0.349 e. The smallest absolute Gasteiger partial charge is 0.253 e. The summed E-state index contributed by atoms with van der Waals surface area (Å²) < 4.78 is 0. The number of nitrogens with one attached hydrogen (secondary N) is 1. The fraction of sp³-hybridized carbons (Fsp3) is 0.611. The first-order valence-corrected chi connectivity index (χ1v) is 8.59. The van der Waals surface area contributed by atoms with Crippen molar-refractivity contribution in [1.29, 1.82) is 0 Å². The highest BCUT2D eigenvalue weighted by atomic mass is 16.2. The molecule has 0 aromatic carbocycles. The zero-order valence-electron chi connectivity index (χ0n) is 14.8. The number of hydrogen-bond donors (Lipinski definition) is 2. The lowest BCUT2D eigenvalue weighted by Crippen LogP contribution is -2.58. The highest BCUT2D eigenvalue weighted by molar-refractivity contribution is 5.94. The molecule has 2 atom stereocenters. The summed E-state index contributed by atoms with van der Waals surface area (Å²) >= 11 is 0. The number of amides is 2. The first kappa shape index (κ1) is 18.4. The summed E-state index contributed by atoms with van der Waals surface area (Å²) in [6, 6.07) is 3.41. The van der Waals surface area contributed by atoms with Gasteiger partial charge in [0.25, 0.3) is 5.91 Å². The maximum atomic E-state index is 12.7. The van der Waals surface area contributed by atoms with Gasteiger partial charge in [-0.15, -0.1) is 0 Å². The Labute approximate surface area is 143 Å². The Bertz CT molecular complexity index is 576. The summed E-state index contributed by atoms with van der Waals surface area (Å²) in [6.45, 7) is 7.59. The third kappa shape index (κ3) is 4.12. The summed E-state index contributed by atoms with van der Waals surface area (Å²) in [7, 11) is 0. The fourth-order valence-electron chi connectivity index (χ4n) is 2.87.